The molecule has 2 aromatic carbocycles. The van der Waals surface area contributed by atoms with Crippen molar-refractivity contribution in [1.82, 2.24) is 5.32 Å². The summed E-state index contributed by atoms with van der Waals surface area (Å²) in [5, 5.41) is 22.6. The summed E-state index contributed by atoms with van der Waals surface area (Å²) in [7, 11) is 1.30. The average Bonchev–Trinajstić information content (AvgIpc) is 2.81. The maximum atomic E-state index is 13.7. The Morgan fingerprint density at radius 3 is 2.40 bits per heavy atom. The Bertz CT molecular complexity index is 1220. The molecule has 0 bridgehead atoms. The number of carbonyl (C=O) groups is 2. The molecule has 0 aliphatic rings. The number of hydrogen-bond donors (Lipinski definition) is 3. The fourth-order valence-electron chi connectivity index (χ4n) is 3.92. The number of ether oxygens (including phenoxy) is 2. The van der Waals surface area contributed by atoms with E-state index in [0.29, 0.717) is 10.3 Å². The molecule has 184 valence electrons. The van der Waals surface area contributed by atoms with Crippen molar-refractivity contribution in [2.24, 2.45) is 0 Å². The number of aromatic hydroxyl groups is 1. The molecule has 3 aromatic rings. The molecular weight excluding hydrogens is 455 g/mol. The molecular formula is C26H28FN2O6+. The molecule has 0 saturated carbocycles. The highest BCUT2D eigenvalue weighted by Gasteiger charge is 2.33. The van der Waals surface area contributed by atoms with E-state index in [2.05, 4.69) is 5.32 Å². The van der Waals surface area contributed by atoms with Gasteiger partial charge in [-0.3, -0.25) is 10.0 Å². The molecule has 0 unspecified atom stereocenters. The number of amides is 1. The Balaban J connectivity index is 1.80. The summed E-state index contributed by atoms with van der Waals surface area (Å²) < 4.78 is 24.8. The van der Waals surface area contributed by atoms with Crippen LogP contribution in [0.2, 0.25) is 0 Å². The number of aromatic nitrogens is 1. The van der Waals surface area contributed by atoms with Crippen molar-refractivity contribution in [3.05, 3.63) is 89.0 Å². The van der Waals surface area contributed by atoms with E-state index in [0.717, 1.165) is 17.3 Å². The number of aryl methyl sites for hydroxylation is 1. The lowest BCUT2D eigenvalue weighted by Gasteiger charge is -2.27. The number of methoxy groups -OCH3 is 1. The smallest absolute Gasteiger partial charge is 0.366 e. The molecule has 0 aliphatic carbocycles. The molecule has 3 atom stereocenters. The number of nitrogens with zero attached hydrogens (tertiary/aromatic N) is 1. The summed E-state index contributed by atoms with van der Waals surface area (Å²) in [5.41, 5.74) is 1.89. The third kappa shape index (κ3) is 5.68. The summed E-state index contributed by atoms with van der Waals surface area (Å²) in [6.45, 7) is 4.94. The second-order valence-electron chi connectivity index (χ2n) is 8.15. The van der Waals surface area contributed by atoms with Crippen molar-refractivity contribution in [2.75, 3.05) is 7.11 Å². The Labute approximate surface area is 202 Å². The first-order valence-corrected chi connectivity index (χ1v) is 11.0. The van der Waals surface area contributed by atoms with Crippen LogP contribution < -0.4 is 14.8 Å². The van der Waals surface area contributed by atoms with Gasteiger partial charge in [0.2, 0.25) is 11.9 Å². The largest absolute Gasteiger partial charge is 0.499 e. The highest BCUT2D eigenvalue weighted by molar-refractivity contribution is 5.96. The van der Waals surface area contributed by atoms with Crippen LogP contribution >= 0.6 is 0 Å². The first kappa shape index (κ1) is 25.5. The third-order valence-electron chi connectivity index (χ3n) is 5.69. The molecule has 3 rings (SSSR count). The second-order valence-corrected chi connectivity index (χ2v) is 8.15. The van der Waals surface area contributed by atoms with Crippen molar-refractivity contribution in [2.45, 2.75) is 38.8 Å². The van der Waals surface area contributed by atoms with Gasteiger partial charge in [-0.1, -0.05) is 36.4 Å². The number of carbonyl (C=O) groups excluding carboxylic acids is 2. The topological polar surface area (TPSA) is 109 Å². The zero-order chi connectivity index (χ0) is 25.7. The Hall–Kier alpha value is -4.14. The van der Waals surface area contributed by atoms with Crippen molar-refractivity contribution < 1.29 is 38.5 Å². The van der Waals surface area contributed by atoms with Crippen LogP contribution in [0.25, 0.3) is 0 Å². The van der Waals surface area contributed by atoms with Crippen molar-refractivity contribution in [1.29, 1.82) is 0 Å². The monoisotopic (exact) mass is 483 g/mol. The molecule has 3 N–H and O–H groups in total. The van der Waals surface area contributed by atoms with Gasteiger partial charge < -0.3 is 19.9 Å². The maximum absolute atomic E-state index is 13.7. The van der Waals surface area contributed by atoms with Gasteiger partial charge >= 0.3 is 17.6 Å². The minimum atomic E-state index is -1.11. The number of esters is 1. The van der Waals surface area contributed by atoms with Gasteiger partial charge in [0.15, 0.2) is 5.75 Å². The van der Waals surface area contributed by atoms with Crippen LogP contribution in [0, 0.1) is 12.7 Å². The molecule has 35 heavy (non-hydrogen) atoms. The summed E-state index contributed by atoms with van der Waals surface area (Å²) >= 11 is 0. The molecule has 0 radical (unpaired) electrons. The average molecular weight is 484 g/mol. The van der Waals surface area contributed by atoms with E-state index < -0.39 is 35.5 Å². The lowest BCUT2D eigenvalue weighted by atomic mass is 9.85. The zero-order valence-corrected chi connectivity index (χ0v) is 19.9. The highest BCUT2D eigenvalue weighted by atomic mass is 19.1. The van der Waals surface area contributed by atoms with E-state index >= 15 is 0 Å². The Morgan fingerprint density at radius 1 is 1.09 bits per heavy atom. The lowest BCUT2D eigenvalue weighted by molar-refractivity contribution is -0.906. The van der Waals surface area contributed by atoms with E-state index in [1.165, 1.54) is 32.2 Å². The number of hydrogen-bond acceptors (Lipinski definition) is 6. The number of pyridine rings is 1. The van der Waals surface area contributed by atoms with E-state index in [1.54, 1.807) is 19.9 Å². The van der Waals surface area contributed by atoms with Crippen LogP contribution in [0.5, 0.6) is 11.5 Å². The Kier molecular flexibility index (Phi) is 7.91. The predicted octanol–water partition coefficient (Wildman–Crippen LogP) is 3.26. The number of rotatable bonds is 8. The highest BCUT2D eigenvalue weighted by Crippen LogP contribution is 2.32. The first-order valence-electron chi connectivity index (χ1n) is 11.0. The normalized spacial score (nSPS) is 13.4. The summed E-state index contributed by atoms with van der Waals surface area (Å²) in [6, 6.07) is 14.0. The fourth-order valence-corrected chi connectivity index (χ4v) is 3.92. The molecule has 8 nitrogen and oxygen atoms in total. The standard InChI is InChI=1S/C26H27FN2O6/c1-15-14-19(27)10-11-20(15)22(18-8-6-5-7-9-18)17(3)35-26(32)16(2)28-25(31)23-24(30)21(34-4)12-13-29(23)33/h5-14,16-17,22H,1-4H3,(H2-,28,30,31,33)/p+1/t16-,17-,22-/m0/s1. The second kappa shape index (κ2) is 10.9. The summed E-state index contributed by atoms with van der Waals surface area (Å²) in [6.07, 6.45) is 0.454. The molecule has 0 fully saturated rings. The molecule has 9 heteroatoms. The Morgan fingerprint density at radius 2 is 1.77 bits per heavy atom. The van der Waals surface area contributed by atoms with Gasteiger partial charge in [-0.2, -0.15) is 0 Å². The summed E-state index contributed by atoms with van der Waals surface area (Å²) in [4.78, 5) is 25.5. The van der Waals surface area contributed by atoms with Gasteiger partial charge in [0.05, 0.1) is 13.2 Å². The fraction of sp³-hybridized carbons (Fsp3) is 0.269. The van der Waals surface area contributed by atoms with Gasteiger partial charge in [-0.15, -0.1) is 0 Å². The summed E-state index contributed by atoms with van der Waals surface area (Å²) in [5.74, 6) is -2.98. The minimum Gasteiger partial charge on any atom is -0.499 e. The van der Waals surface area contributed by atoms with Crippen LogP contribution in [0.4, 0.5) is 4.39 Å². The lowest BCUT2D eigenvalue weighted by Crippen LogP contribution is -2.47. The van der Waals surface area contributed by atoms with E-state index in [9.17, 15) is 24.3 Å². The molecule has 0 saturated heterocycles. The van der Waals surface area contributed by atoms with E-state index in [4.69, 9.17) is 9.47 Å². The van der Waals surface area contributed by atoms with Gasteiger partial charge in [0.25, 0.3) is 0 Å². The first-order chi connectivity index (χ1) is 16.6. The van der Waals surface area contributed by atoms with Crippen LogP contribution in [0.3, 0.4) is 0 Å². The third-order valence-corrected chi connectivity index (χ3v) is 5.69. The van der Waals surface area contributed by atoms with Crippen LogP contribution in [-0.2, 0) is 9.53 Å². The van der Waals surface area contributed by atoms with Crippen LogP contribution in [0.15, 0.2) is 60.8 Å². The maximum Gasteiger partial charge on any atom is 0.366 e. The number of halogens is 1. The molecule has 1 heterocycles. The van der Waals surface area contributed by atoms with Gasteiger partial charge in [0.1, 0.15) is 18.0 Å². The van der Waals surface area contributed by atoms with E-state index in [1.807, 2.05) is 30.3 Å². The van der Waals surface area contributed by atoms with Crippen molar-refractivity contribution in [3.63, 3.8) is 0 Å². The van der Waals surface area contributed by atoms with Gasteiger partial charge in [0, 0.05) is 10.6 Å². The number of nitrogens with one attached hydrogen (secondary N) is 1. The SMILES string of the molecule is COc1cc[n+](O)c(C(=O)N[C@@H](C)C(=O)O[C@@H](C)[C@@H](c2ccccc2)c2ccc(F)cc2C)c1O. The molecule has 1 amide bonds. The van der Waals surface area contributed by atoms with E-state index in [-0.39, 0.29) is 17.5 Å². The molecule has 0 spiro atoms. The molecule has 1 aromatic heterocycles. The van der Waals surface area contributed by atoms with Crippen LogP contribution in [0.1, 0.15) is 46.9 Å². The van der Waals surface area contributed by atoms with Crippen LogP contribution in [-0.4, -0.2) is 41.4 Å². The van der Waals surface area contributed by atoms with Gasteiger partial charge in [-0.25, -0.2) is 9.18 Å². The van der Waals surface area contributed by atoms with Crippen molar-refractivity contribution >= 4 is 11.9 Å². The van der Waals surface area contributed by atoms with Crippen molar-refractivity contribution in [3.8, 4) is 11.5 Å². The predicted molar refractivity (Wildman–Crippen MR) is 124 cm³/mol. The minimum absolute atomic E-state index is 0.0235. The zero-order valence-electron chi connectivity index (χ0n) is 19.9. The molecule has 0 aliphatic heterocycles. The number of benzene rings is 2. The quantitative estimate of drug-likeness (QED) is 0.258. The van der Waals surface area contributed by atoms with Gasteiger partial charge in [-0.05, 0) is 49.6 Å².